The SMILES string of the molecule is Oc1ccc2c(c1)CC1(C2)c2ccc(O)cc21. The van der Waals surface area contributed by atoms with Crippen LogP contribution in [-0.4, -0.2) is 10.2 Å². The molecule has 0 aromatic heterocycles. The first kappa shape index (κ1) is 9.11. The van der Waals surface area contributed by atoms with Crippen molar-refractivity contribution < 1.29 is 10.2 Å². The van der Waals surface area contributed by atoms with Crippen molar-refractivity contribution in [1.29, 1.82) is 0 Å². The molecular formula is C15H12O2. The van der Waals surface area contributed by atoms with Gasteiger partial charge in [-0.25, -0.2) is 0 Å². The third kappa shape index (κ3) is 1.05. The van der Waals surface area contributed by atoms with Crippen molar-refractivity contribution in [3.63, 3.8) is 0 Å². The fourth-order valence-corrected chi connectivity index (χ4v) is 3.28. The topological polar surface area (TPSA) is 40.5 Å². The highest BCUT2D eigenvalue weighted by molar-refractivity contribution is 5.67. The largest absolute Gasteiger partial charge is 0.508 e. The summed E-state index contributed by atoms with van der Waals surface area (Å²) in [6.07, 6.45) is 1.96. The van der Waals surface area contributed by atoms with Gasteiger partial charge in [-0.2, -0.15) is 0 Å². The average Bonchev–Trinajstić information content (AvgIpc) is 2.72. The van der Waals surface area contributed by atoms with Gasteiger partial charge in [0.25, 0.3) is 0 Å². The molecular weight excluding hydrogens is 212 g/mol. The quantitative estimate of drug-likeness (QED) is 0.721. The van der Waals surface area contributed by atoms with Crippen LogP contribution in [-0.2, 0) is 18.3 Å². The fraction of sp³-hybridized carbons (Fsp3) is 0.200. The van der Waals surface area contributed by atoms with E-state index in [2.05, 4.69) is 0 Å². The molecule has 17 heavy (non-hydrogen) atoms. The van der Waals surface area contributed by atoms with Crippen LogP contribution in [0.2, 0.25) is 0 Å². The highest BCUT2D eigenvalue weighted by atomic mass is 16.3. The summed E-state index contributed by atoms with van der Waals surface area (Å²) in [5.74, 6) is 0.688. The van der Waals surface area contributed by atoms with Crippen LogP contribution in [0.3, 0.4) is 0 Å². The van der Waals surface area contributed by atoms with Crippen molar-refractivity contribution in [2.45, 2.75) is 18.3 Å². The van der Waals surface area contributed by atoms with E-state index in [-0.39, 0.29) is 5.41 Å². The molecule has 84 valence electrons. The van der Waals surface area contributed by atoms with Crippen LogP contribution >= 0.6 is 0 Å². The van der Waals surface area contributed by atoms with Gasteiger partial charge in [-0.15, -0.1) is 0 Å². The average molecular weight is 224 g/mol. The van der Waals surface area contributed by atoms with Gasteiger partial charge in [-0.05, 0) is 59.4 Å². The normalized spacial score (nSPS) is 23.5. The number of hydrogen-bond acceptors (Lipinski definition) is 2. The standard InChI is InChI=1S/C15H12O2/c16-11-2-1-9-7-15(8-10(9)5-11)13-4-3-12(17)6-14(13)15/h1-6,16-17H,7-8H2. The van der Waals surface area contributed by atoms with Gasteiger partial charge in [0.1, 0.15) is 11.5 Å². The van der Waals surface area contributed by atoms with Crippen LogP contribution in [0.15, 0.2) is 36.4 Å². The highest BCUT2D eigenvalue weighted by Crippen LogP contribution is 2.58. The van der Waals surface area contributed by atoms with E-state index in [0.717, 1.165) is 12.8 Å². The third-order valence-corrected chi connectivity index (χ3v) is 4.15. The molecule has 0 amide bonds. The summed E-state index contributed by atoms with van der Waals surface area (Å²) in [5, 5.41) is 19.0. The minimum atomic E-state index is 0.122. The van der Waals surface area contributed by atoms with E-state index in [1.807, 2.05) is 24.3 Å². The monoisotopic (exact) mass is 224 g/mol. The molecule has 2 aliphatic rings. The van der Waals surface area contributed by atoms with E-state index < -0.39 is 0 Å². The number of phenols is 2. The minimum absolute atomic E-state index is 0.122. The van der Waals surface area contributed by atoms with Crippen molar-refractivity contribution >= 4 is 0 Å². The fourth-order valence-electron chi connectivity index (χ4n) is 3.28. The third-order valence-electron chi connectivity index (χ3n) is 4.15. The molecule has 2 nitrogen and oxygen atoms in total. The van der Waals surface area contributed by atoms with Gasteiger partial charge < -0.3 is 10.2 Å². The lowest BCUT2D eigenvalue weighted by Crippen LogP contribution is -2.06. The Balaban J connectivity index is 1.79. The summed E-state index contributed by atoms with van der Waals surface area (Å²) in [5.41, 5.74) is 5.30. The molecule has 1 spiro atoms. The van der Waals surface area contributed by atoms with E-state index in [1.165, 1.54) is 22.3 Å². The Labute approximate surface area is 99.2 Å². The zero-order valence-electron chi connectivity index (χ0n) is 9.27. The van der Waals surface area contributed by atoms with E-state index in [9.17, 15) is 10.2 Å². The lowest BCUT2D eigenvalue weighted by atomic mass is 9.98. The van der Waals surface area contributed by atoms with Crippen LogP contribution in [0.4, 0.5) is 0 Å². The number of aromatic hydroxyl groups is 2. The maximum Gasteiger partial charge on any atom is 0.115 e. The molecule has 2 aromatic rings. The van der Waals surface area contributed by atoms with Gasteiger partial charge in [0.2, 0.25) is 0 Å². The lowest BCUT2D eigenvalue weighted by Gasteiger charge is -2.03. The van der Waals surface area contributed by atoms with Crippen molar-refractivity contribution in [1.82, 2.24) is 0 Å². The first-order valence-electron chi connectivity index (χ1n) is 5.84. The first-order chi connectivity index (χ1) is 8.19. The molecule has 0 fully saturated rings. The predicted molar refractivity (Wildman–Crippen MR) is 64.4 cm³/mol. The van der Waals surface area contributed by atoms with Gasteiger partial charge >= 0.3 is 0 Å². The number of phenolic OH excluding ortho intramolecular Hbond substituents is 2. The van der Waals surface area contributed by atoms with Crippen LogP contribution in [0.1, 0.15) is 22.3 Å². The number of fused-ring (bicyclic) bond motifs is 4. The summed E-state index contributed by atoms with van der Waals surface area (Å²) >= 11 is 0. The lowest BCUT2D eigenvalue weighted by molar-refractivity contribution is 0.474. The molecule has 4 rings (SSSR count). The molecule has 2 N–H and O–H groups in total. The van der Waals surface area contributed by atoms with Gasteiger partial charge in [-0.3, -0.25) is 0 Å². The smallest absolute Gasteiger partial charge is 0.115 e. The molecule has 0 saturated heterocycles. The maximum atomic E-state index is 9.51. The first-order valence-corrected chi connectivity index (χ1v) is 5.84. The van der Waals surface area contributed by atoms with Gasteiger partial charge in [-0.1, -0.05) is 12.1 Å². The van der Waals surface area contributed by atoms with E-state index in [0.29, 0.717) is 11.5 Å². The molecule has 2 aliphatic carbocycles. The second-order valence-corrected chi connectivity index (χ2v) is 5.12. The Morgan fingerprint density at radius 2 is 1.47 bits per heavy atom. The number of benzene rings is 2. The molecule has 1 atom stereocenters. The number of hydrogen-bond donors (Lipinski definition) is 2. The Kier molecular flexibility index (Phi) is 1.42. The summed E-state index contributed by atoms with van der Waals surface area (Å²) in [4.78, 5) is 0. The van der Waals surface area contributed by atoms with Crippen LogP contribution < -0.4 is 0 Å². The van der Waals surface area contributed by atoms with Crippen molar-refractivity contribution in [3.05, 3.63) is 58.7 Å². The van der Waals surface area contributed by atoms with Crippen LogP contribution in [0.25, 0.3) is 0 Å². The van der Waals surface area contributed by atoms with Crippen LogP contribution in [0, 0.1) is 0 Å². The zero-order valence-corrected chi connectivity index (χ0v) is 9.27. The molecule has 0 heterocycles. The van der Waals surface area contributed by atoms with Crippen molar-refractivity contribution in [2.75, 3.05) is 0 Å². The molecule has 0 aliphatic heterocycles. The molecule has 2 aromatic carbocycles. The molecule has 0 saturated carbocycles. The maximum absolute atomic E-state index is 9.51. The van der Waals surface area contributed by atoms with E-state index in [1.54, 1.807) is 12.1 Å². The van der Waals surface area contributed by atoms with Gasteiger partial charge in [0.05, 0.1) is 0 Å². The summed E-state index contributed by atoms with van der Waals surface area (Å²) in [7, 11) is 0. The second kappa shape index (κ2) is 2.65. The molecule has 0 radical (unpaired) electrons. The molecule has 1 unspecified atom stereocenters. The van der Waals surface area contributed by atoms with Gasteiger partial charge in [0.15, 0.2) is 0 Å². The van der Waals surface area contributed by atoms with E-state index >= 15 is 0 Å². The summed E-state index contributed by atoms with van der Waals surface area (Å²) < 4.78 is 0. The summed E-state index contributed by atoms with van der Waals surface area (Å²) in [6.45, 7) is 0. The van der Waals surface area contributed by atoms with Crippen molar-refractivity contribution in [2.24, 2.45) is 0 Å². The Bertz CT molecular complexity index is 645. The second-order valence-electron chi connectivity index (χ2n) is 5.12. The molecule has 0 bridgehead atoms. The Hall–Kier alpha value is -1.96. The van der Waals surface area contributed by atoms with E-state index in [4.69, 9.17) is 0 Å². The van der Waals surface area contributed by atoms with Crippen molar-refractivity contribution in [3.8, 4) is 11.5 Å². The highest BCUT2D eigenvalue weighted by Gasteiger charge is 2.53. The predicted octanol–water partition coefficient (Wildman–Crippen LogP) is 2.50. The Morgan fingerprint density at radius 3 is 2.29 bits per heavy atom. The van der Waals surface area contributed by atoms with Crippen LogP contribution in [0.5, 0.6) is 11.5 Å². The molecule has 2 heteroatoms. The summed E-state index contributed by atoms with van der Waals surface area (Å²) in [6, 6.07) is 11.3. The van der Waals surface area contributed by atoms with Gasteiger partial charge in [0, 0.05) is 5.41 Å². The number of rotatable bonds is 0. The minimum Gasteiger partial charge on any atom is -0.508 e. The zero-order chi connectivity index (χ0) is 11.6. The Morgan fingerprint density at radius 1 is 0.765 bits per heavy atom.